The minimum absolute atomic E-state index is 0.482. The van der Waals surface area contributed by atoms with Crippen molar-refractivity contribution in [3.63, 3.8) is 0 Å². The number of nitrogens with zero attached hydrogens (tertiary/aromatic N) is 1. The highest BCUT2D eigenvalue weighted by Crippen LogP contribution is 2.21. The Kier molecular flexibility index (Phi) is 4.79. The van der Waals surface area contributed by atoms with Gasteiger partial charge in [0.05, 0.1) is 0 Å². The van der Waals surface area contributed by atoms with E-state index in [1.165, 1.54) is 37.1 Å². The van der Waals surface area contributed by atoms with E-state index in [9.17, 15) is 0 Å². The standard InChI is InChI=1S/C16H26N2/c1-13-5-3-7-15(9-13)16(10-17)12-18-8-4-6-14(2)11-18/h3,5,7,9,14,16H,4,6,8,10-12,17H2,1-2H3. The molecule has 1 fully saturated rings. The number of nitrogens with two attached hydrogens (primary N) is 1. The van der Waals surface area contributed by atoms with Gasteiger partial charge in [-0.05, 0) is 37.8 Å². The van der Waals surface area contributed by atoms with Crippen LogP contribution in [0.25, 0.3) is 0 Å². The Balaban J connectivity index is 2.00. The summed E-state index contributed by atoms with van der Waals surface area (Å²) in [5, 5.41) is 0. The predicted octanol–water partition coefficient (Wildman–Crippen LogP) is 2.77. The summed E-state index contributed by atoms with van der Waals surface area (Å²) in [7, 11) is 0. The molecule has 0 amide bonds. The van der Waals surface area contributed by atoms with Gasteiger partial charge in [-0.2, -0.15) is 0 Å². The molecule has 2 nitrogen and oxygen atoms in total. The van der Waals surface area contributed by atoms with E-state index in [0.29, 0.717) is 5.92 Å². The normalized spacial score (nSPS) is 22.9. The van der Waals surface area contributed by atoms with Gasteiger partial charge < -0.3 is 10.6 Å². The van der Waals surface area contributed by atoms with Crippen molar-refractivity contribution in [2.24, 2.45) is 11.7 Å². The van der Waals surface area contributed by atoms with E-state index >= 15 is 0 Å². The molecule has 2 heteroatoms. The van der Waals surface area contributed by atoms with Gasteiger partial charge in [0.2, 0.25) is 0 Å². The third-order valence-electron chi connectivity index (χ3n) is 4.02. The Morgan fingerprint density at radius 3 is 2.94 bits per heavy atom. The summed E-state index contributed by atoms with van der Waals surface area (Å²) in [5.74, 6) is 1.32. The summed E-state index contributed by atoms with van der Waals surface area (Å²) >= 11 is 0. The van der Waals surface area contributed by atoms with Crippen molar-refractivity contribution in [1.29, 1.82) is 0 Å². The van der Waals surface area contributed by atoms with E-state index in [2.05, 4.69) is 43.0 Å². The molecule has 0 aromatic heterocycles. The monoisotopic (exact) mass is 246 g/mol. The van der Waals surface area contributed by atoms with Crippen LogP contribution in [-0.4, -0.2) is 31.1 Å². The fraction of sp³-hybridized carbons (Fsp3) is 0.625. The van der Waals surface area contributed by atoms with E-state index in [4.69, 9.17) is 5.73 Å². The highest BCUT2D eigenvalue weighted by Gasteiger charge is 2.20. The van der Waals surface area contributed by atoms with E-state index in [-0.39, 0.29) is 0 Å². The van der Waals surface area contributed by atoms with Crippen LogP contribution in [0.2, 0.25) is 0 Å². The quantitative estimate of drug-likeness (QED) is 0.885. The summed E-state index contributed by atoms with van der Waals surface area (Å²) in [6.07, 6.45) is 2.72. The number of piperidine rings is 1. The molecule has 1 aliphatic rings. The van der Waals surface area contributed by atoms with Crippen LogP contribution in [0.5, 0.6) is 0 Å². The second kappa shape index (κ2) is 6.35. The third-order valence-corrected chi connectivity index (χ3v) is 4.02. The van der Waals surface area contributed by atoms with Gasteiger partial charge in [0, 0.05) is 25.6 Å². The second-order valence-corrected chi connectivity index (χ2v) is 5.85. The molecular formula is C16H26N2. The van der Waals surface area contributed by atoms with E-state index in [0.717, 1.165) is 19.0 Å². The molecule has 1 aliphatic heterocycles. The van der Waals surface area contributed by atoms with Crippen LogP contribution >= 0.6 is 0 Å². The minimum atomic E-state index is 0.482. The zero-order valence-electron chi connectivity index (χ0n) is 11.7. The highest BCUT2D eigenvalue weighted by molar-refractivity contribution is 5.26. The fourth-order valence-electron chi connectivity index (χ4n) is 3.00. The molecule has 2 N–H and O–H groups in total. The molecule has 0 bridgehead atoms. The SMILES string of the molecule is Cc1cccc(C(CN)CN2CCCC(C)C2)c1. The van der Waals surface area contributed by atoms with E-state index in [1.807, 2.05) is 0 Å². The molecule has 1 saturated heterocycles. The van der Waals surface area contributed by atoms with Crippen molar-refractivity contribution in [1.82, 2.24) is 4.90 Å². The maximum atomic E-state index is 5.98. The maximum absolute atomic E-state index is 5.98. The number of likely N-dealkylation sites (tertiary alicyclic amines) is 1. The third kappa shape index (κ3) is 3.56. The van der Waals surface area contributed by atoms with Crippen molar-refractivity contribution in [3.05, 3.63) is 35.4 Å². The molecule has 0 aliphatic carbocycles. The van der Waals surface area contributed by atoms with Gasteiger partial charge in [-0.3, -0.25) is 0 Å². The summed E-state index contributed by atoms with van der Waals surface area (Å²) in [4.78, 5) is 2.59. The van der Waals surface area contributed by atoms with E-state index < -0.39 is 0 Å². The van der Waals surface area contributed by atoms with Crippen molar-refractivity contribution in [2.45, 2.75) is 32.6 Å². The van der Waals surface area contributed by atoms with Crippen LogP contribution in [0, 0.1) is 12.8 Å². The number of hydrogen-bond donors (Lipinski definition) is 1. The van der Waals surface area contributed by atoms with Gasteiger partial charge in [0.25, 0.3) is 0 Å². The van der Waals surface area contributed by atoms with Gasteiger partial charge in [0.1, 0.15) is 0 Å². The molecule has 1 heterocycles. The van der Waals surface area contributed by atoms with Crippen molar-refractivity contribution >= 4 is 0 Å². The van der Waals surface area contributed by atoms with Crippen LogP contribution in [0.1, 0.15) is 36.8 Å². The predicted molar refractivity (Wildman–Crippen MR) is 77.8 cm³/mol. The largest absolute Gasteiger partial charge is 0.330 e. The molecule has 2 atom stereocenters. The van der Waals surface area contributed by atoms with Gasteiger partial charge in [0.15, 0.2) is 0 Å². The molecule has 0 radical (unpaired) electrons. The zero-order valence-corrected chi connectivity index (χ0v) is 11.7. The van der Waals surface area contributed by atoms with Crippen LogP contribution < -0.4 is 5.73 Å². The first kappa shape index (κ1) is 13.6. The first-order valence-corrected chi connectivity index (χ1v) is 7.18. The molecule has 1 aromatic carbocycles. The van der Waals surface area contributed by atoms with Crippen LogP contribution in [0.4, 0.5) is 0 Å². The Hall–Kier alpha value is -0.860. The zero-order chi connectivity index (χ0) is 13.0. The Morgan fingerprint density at radius 1 is 1.44 bits per heavy atom. The number of hydrogen-bond acceptors (Lipinski definition) is 2. The summed E-state index contributed by atoms with van der Waals surface area (Å²) in [6, 6.07) is 8.80. The smallest absolute Gasteiger partial charge is 0.00889 e. The van der Waals surface area contributed by atoms with E-state index in [1.54, 1.807) is 0 Å². The van der Waals surface area contributed by atoms with Crippen molar-refractivity contribution < 1.29 is 0 Å². The molecular weight excluding hydrogens is 220 g/mol. The van der Waals surface area contributed by atoms with Gasteiger partial charge in [-0.1, -0.05) is 36.8 Å². The summed E-state index contributed by atoms with van der Waals surface area (Å²) in [5.41, 5.74) is 8.71. The average Bonchev–Trinajstić information content (AvgIpc) is 2.36. The van der Waals surface area contributed by atoms with Crippen molar-refractivity contribution in [2.75, 3.05) is 26.2 Å². The van der Waals surface area contributed by atoms with Crippen LogP contribution in [-0.2, 0) is 0 Å². The average molecular weight is 246 g/mol. The lowest BCUT2D eigenvalue weighted by molar-refractivity contribution is 0.175. The van der Waals surface area contributed by atoms with Crippen molar-refractivity contribution in [3.8, 4) is 0 Å². The summed E-state index contributed by atoms with van der Waals surface area (Å²) < 4.78 is 0. The minimum Gasteiger partial charge on any atom is -0.330 e. The first-order valence-electron chi connectivity index (χ1n) is 7.18. The van der Waals surface area contributed by atoms with Gasteiger partial charge in [-0.25, -0.2) is 0 Å². The van der Waals surface area contributed by atoms with Gasteiger partial charge in [-0.15, -0.1) is 0 Å². The van der Waals surface area contributed by atoms with Crippen LogP contribution in [0.3, 0.4) is 0 Å². The molecule has 100 valence electrons. The Labute approximate surface area is 111 Å². The number of aryl methyl sites for hydroxylation is 1. The molecule has 1 aromatic rings. The molecule has 0 saturated carbocycles. The topological polar surface area (TPSA) is 29.3 Å². The molecule has 18 heavy (non-hydrogen) atoms. The molecule has 2 rings (SSSR count). The summed E-state index contributed by atoms with van der Waals surface area (Å²) in [6.45, 7) is 8.85. The molecule has 0 spiro atoms. The Bertz CT molecular complexity index is 375. The lowest BCUT2D eigenvalue weighted by atomic mass is 9.94. The lowest BCUT2D eigenvalue weighted by Crippen LogP contribution is -2.38. The first-order chi connectivity index (χ1) is 8.69. The second-order valence-electron chi connectivity index (χ2n) is 5.85. The van der Waals surface area contributed by atoms with Crippen LogP contribution in [0.15, 0.2) is 24.3 Å². The number of benzene rings is 1. The highest BCUT2D eigenvalue weighted by atomic mass is 15.1. The fourth-order valence-corrected chi connectivity index (χ4v) is 3.00. The van der Waals surface area contributed by atoms with Gasteiger partial charge >= 0.3 is 0 Å². The number of rotatable bonds is 4. The lowest BCUT2D eigenvalue weighted by Gasteiger charge is -2.33. The maximum Gasteiger partial charge on any atom is 0.00889 e. The Morgan fingerprint density at radius 2 is 2.28 bits per heavy atom. The molecule has 2 unspecified atom stereocenters.